The van der Waals surface area contributed by atoms with E-state index in [2.05, 4.69) is 15.1 Å². The Morgan fingerprint density at radius 1 is 1.13 bits per heavy atom. The maximum absolute atomic E-state index is 12.5. The maximum Gasteiger partial charge on any atom is 0.345 e. The molecule has 0 saturated carbocycles. The van der Waals surface area contributed by atoms with E-state index in [0.29, 0.717) is 45.7 Å². The largest absolute Gasteiger partial charge is 0.493 e. The topological polar surface area (TPSA) is 91.3 Å². The third kappa shape index (κ3) is 3.83. The van der Waals surface area contributed by atoms with E-state index >= 15 is 0 Å². The Bertz CT molecular complexity index is 1460. The van der Waals surface area contributed by atoms with Crippen molar-refractivity contribution < 1.29 is 13.7 Å². The lowest BCUT2D eigenvalue weighted by atomic mass is 10.1. The first-order valence-electron chi connectivity index (χ1n) is 9.25. The van der Waals surface area contributed by atoms with Crippen molar-refractivity contribution in [1.29, 1.82) is 0 Å². The summed E-state index contributed by atoms with van der Waals surface area (Å²) in [7, 11) is 1.53. The van der Waals surface area contributed by atoms with Gasteiger partial charge < -0.3 is 13.7 Å². The number of rotatable bonds is 5. The molecule has 2 aromatic carbocycles. The van der Waals surface area contributed by atoms with Gasteiger partial charge in [-0.2, -0.15) is 4.98 Å². The minimum absolute atomic E-state index is 0.352. The summed E-state index contributed by atoms with van der Waals surface area (Å²) >= 11 is 7.43. The summed E-state index contributed by atoms with van der Waals surface area (Å²) < 4.78 is 16.1. The SMILES string of the molecule is COc1cccc2cc(-c3csc(Cc4nc(-c5cccc(Cl)c5)no4)n3)c(=O)oc12. The molecule has 7 nitrogen and oxygen atoms in total. The Balaban J connectivity index is 1.42. The van der Waals surface area contributed by atoms with E-state index in [9.17, 15) is 4.79 Å². The van der Waals surface area contributed by atoms with E-state index in [0.717, 1.165) is 16.0 Å². The molecule has 0 aliphatic rings. The fourth-order valence-electron chi connectivity index (χ4n) is 3.17. The second kappa shape index (κ2) is 7.98. The highest BCUT2D eigenvalue weighted by molar-refractivity contribution is 7.10. The van der Waals surface area contributed by atoms with E-state index in [1.54, 1.807) is 24.3 Å². The third-order valence-corrected chi connectivity index (χ3v) is 5.71. The average Bonchev–Trinajstić information content (AvgIpc) is 3.43. The molecule has 0 bridgehead atoms. The van der Waals surface area contributed by atoms with Crippen LogP contribution in [0.4, 0.5) is 0 Å². The minimum Gasteiger partial charge on any atom is -0.493 e. The highest BCUT2D eigenvalue weighted by Gasteiger charge is 2.16. The molecule has 0 spiro atoms. The van der Waals surface area contributed by atoms with Crippen molar-refractivity contribution in [3.8, 4) is 28.4 Å². The molecular weight excluding hydrogens is 438 g/mol. The summed E-state index contributed by atoms with van der Waals surface area (Å²) in [6.07, 6.45) is 0.352. The average molecular weight is 452 g/mol. The molecule has 5 rings (SSSR count). The van der Waals surface area contributed by atoms with Gasteiger partial charge in [-0.3, -0.25) is 0 Å². The summed E-state index contributed by atoms with van der Waals surface area (Å²) in [5.41, 5.74) is 1.62. The molecule has 0 N–H and O–H groups in total. The molecule has 0 amide bonds. The van der Waals surface area contributed by atoms with E-state index in [1.807, 2.05) is 29.6 Å². The fourth-order valence-corrected chi connectivity index (χ4v) is 4.15. The molecule has 3 aromatic heterocycles. The first-order chi connectivity index (χ1) is 15.1. The van der Waals surface area contributed by atoms with Gasteiger partial charge in [-0.1, -0.05) is 41.0 Å². The number of nitrogens with zero attached hydrogens (tertiary/aromatic N) is 3. The van der Waals surface area contributed by atoms with Crippen LogP contribution in [0.3, 0.4) is 0 Å². The number of hydrogen-bond acceptors (Lipinski definition) is 8. The van der Waals surface area contributed by atoms with Crippen molar-refractivity contribution in [3.05, 3.63) is 80.3 Å². The van der Waals surface area contributed by atoms with Crippen LogP contribution in [-0.4, -0.2) is 22.2 Å². The Kier molecular flexibility index (Phi) is 5.01. The van der Waals surface area contributed by atoms with Crippen molar-refractivity contribution in [3.63, 3.8) is 0 Å². The number of aromatic nitrogens is 3. The highest BCUT2D eigenvalue weighted by atomic mass is 35.5. The van der Waals surface area contributed by atoms with Gasteiger partial charge in [0.1, 0.15) is 5.01 Å². The van der Waals surface area contributed by atoms with Crippen LogP contribution in [0.15, 0.2) is 67.6 Å². The quantitative estimate of drug-likeness (QED) is 0.338. The number of thiazole rings is 1. The molecule has 0 atom stereocenters. The van der Waals surface area contributed by atoms with Gasteiger partial charge in [0.25, 0.3) is 0 Å². The lowest BCUT2D eigenvalue weighted by Crippen LogP contribution is -2.03. The molecule has 0 unspecified atom stereocenters. The molecule has 0 fully saturated rings. The van der Waals surface area contributed by atoms with Crippen LogP contribution >= 0.6 is 22.9 Å². The van der Waals surface area contributed by atoms with E-state index in [1.165, 1.54) is 18.4 Å². The van der Waals surface area contributed by atoms with Gasteiger partial charge in [-0.05, 0) is 24.3 Å². The lowest BCUT2D eigenvalue weighted by molar-refractivity contribution is 0.385. The number of fused-ring (bicyclic) bond motifs is 1. The predicted molar refractivity (Wildman–Crippen MR) is 118 cm³/mol. The summed E-state index contributed by atoms with van der Waals surface area (Å²) in [5.74, 6) is 1.39. The Hall–Kier alpha value is -3.49. The number of ether oxygens (including phenoxy) is 1. The second-order valence-electron chi connectivity index (χ2n) is 6.65. The van der Waals surface area contributed by atoms with E-state index in [4.69, 9.17) is 25.3 Å². The Morgan fingerprint density at radius 2 is 2.00 bits per heavy atom. The van der Waals surface area contributed by atoms with Gasteiger partial charge in [0.2, 0.25) is 11.7 Å². The molecule has 3 heterocycles. The van der Waals surface area contributed by atoms with E-state index < -0.39 is 5.63 Å². The number of halogens is 1. The van der Waals surface area contributed by atoms with Crippen molar-refractivity contribution in [1.82, 2.24) is 15.1 Å². The monoisotopic (exact) mass is 451 g/mol. The van der Waals surface area contributed by atoms with Crippen LogP contribution in [-0.2, 0) is 6.42 Å². The fraction of sp³-hybridized carbons (Fsp3) is 0.0909. The first-order valence-corrected chi connectivity index (χ1v) is 10.5. The molecule has 0 aliphatic heterocycles. The molecule has 0 saturated heterocycles. The second-order valence-corrected chi connectivity index (χ2v) is 8.03. The van der Waals surface area contributed by atoms with Gasteiger partial charge in [0, 0.05) is 21.4 Å². The molecule has 5 aromatic rings. The van der Waals surface area contributed by atoms with Crippen LogP contribution < -0.4 is 10.4 Å². The van der Waals surface area contributed by atoms with Gasteiger partial charge in [0.05, 0.1) is 24.8 Å². The molecular formula is C22H14ClN3O4S. The number of methoxy groups -OCH3 is 1. The number of para-hydroxylation sites is 1. The van der Waals surface area contributed by atoms with Gasteiger partial charge in [-0.15, -0.1) is 11.3 Å². The van der Waals surface area contributed by atoms with Crippen molar-refractivity contribution in [2.45, 2.75) is 6.42 Å². The smallest absolute Gasteiger partial charge is 0.345 e. The van der Waals surface area contributed by atoms with Gasteiger partial charge in [0.15, 0.2) is 11.3 Å². The highest BCUT2D eigenvalue weighted by Crippen LogP contribution is 2.28. The van der Waals surface area contributed by atoms with Crippen LogP contribution in [0, 0.1) is 0 Å². The Labute approximate surface area is 184 Å². The van der Waals surface area contributed by atoms with Crippen molar-refractivity contribution in [2.24, 2.45) is 0 Å². The van der Waals surface area contributed by atoms with Crippen LogP contribution in [0.25, 0.3) is 33.6 Å². The van der Waals surface area contributed by atoms with Gasteiger partial charge in [-0.25, -0.2) is 9.78 Å². The summed E-state index contributed by atoms with van der Waals surface area (Å²) in [4.78, 5) is 21.5. The maximum atomic E-state index is 12.5. The summed E-state index contributed by atoms with van der Waals surface area (Å²) in [5, 5.41) is 7.91. The first kappa shape index (κ1) is 19.5. The molecule has 154 valence electrons. The van der Waals surface area contributed by atoms with Gasteiger partial charge >= 0.3 is 5.63 Å². The number of benzene rings is 2. The zero-order valence-electron chi connectivity index (χ0n) is 16.2. The standard InChI is InChI=1S/C22H14ClN3O4S/c1-28-17-7-3-4-12-9-15(22(27)29-20(12)17)16-11-31-19(24-16)10-18-25-21(26-30-18)13-5-2-6-14(23)8-13/h2-9,11H,10H2,1H3. The van der Waals surface area contributed by atoms with Crippen molar-refractivity contribution >= 4 is 33.9 Å². The molecule has 0 radical (unpaired) electrons. The third-order valence-electron chi connectivity index (χ3n) is 4.62. The van der Waals surface area contributed by atoms with Crippen molar-refractivity contribution in [2.75, 3.05) is 7.11 Å². The molecule has 31 heavy (non-hydrogen) atoms. The van der Waals surface area contributed by atoms with E-state index in [-0.39, 0.29) is 0 Å². The molecule has 9 heteroatoms. The Morgan fingerprint density at radius 3 is 2.84 bits per heavy atom. The van der Waals surface area contributed by atoms with Crippen LogP contribution in [0.2, 0.25) is 5.02 Å². The zero-order chi connectivity index (χ0) is 21.4. The number of hydrogen-bond donors (Lipinski definition) is 0. The summed E-state index contributed by atoms with van der Waals surface area (Å²) in [6.45, 7) is 0. The zero-order valence-corrected chi connectivity index (χ0v) is 17.7. The minimum atomic E-state index is -0.477. The molecule has 0 aliphatic carbocycles. The summed E-state index contributed by atoms with van der Waals surface area (Å²) in [6, 6.07) is 14.4. The normalized spacial score (nSPS) is 11.2. The lowest BCUT2D eigenvalue weighted by Gasteiger charge is -2.04. The van der Waals surface area contributed by atoms with Crippen LogP contribution in [0.5, 0.6) is 5.75 Å². The predicted octanol–water partition coefficient (Wildman–Crippen LogP) is 5.22. The van der Waals surface area contributed by atoms with Crippen LogP contribution in [0.1, 0.15) is 10.9 Å².